The zero-order chi connectivity index (χ0) is 42.3. The van der Waals surface area contributed by atoms with E-state index < -0.39 is 0 Å². The van der Waals surface area contributed by atoms with Crippen molar-refractivity contribution in [2.24, 2.45) is 0 Å². The van der Waals surface area contributed by atoms with E-state index in [2.05, 4.69) is 207 Å². The summed E-state index contributed by atoms with van der Waals surface area (Å²) in [6.07, 6.45) is 0. The molecule has 300 valence electrons. The number of benzene rings is 7. The second kappa shape index (κ2) is 11.9. The monoisotopic (exact) mass is 808 g/mol. The van der Waals surface area contributed by atoms with Gasteiger partial charge in [0.1, 0.15) is 0 Å². The topological polar surface area (TPSA) is 8.17 Å². The Morgan fingerprint density at radius 2 is 1.15 bits per heavy atom. The van der Waals surface area contributed by atoms with Crippen LogP contribution in [0.15, 0.2) is 121 Å². The predicted molar refractivity (Wildman–Crippen MR) is 266 cm³/mol. The van der Waals surface area contributed by atoms with E-state index in [-0.39, 0.29) is 28.5 Å². The number of rotatable bonds is 1. The van der Waals surface area contributed by atoms with Crippen molar-refractivity contribution in [3.8, 4) is 27.9 Å². The summed E-state index contributed by atoms with van der Waals surface area (Å²) in [7, 11) is 0. The Morgan fingerprint density at radius 3 is 1.89 bits per heavy atom. The molecule has 12 rings (SSSR count). The van der Waals surface area contributed by atoms with Crippen molar-refractivity contribution in [2.45, 2.75) is 97.8 Å². The predicted octanol–water partition coefficient (Wildman–Crippen LogP) is 14.6. The third kappa shape index (κ3) is 5.03. The minimum absolute atomic E-state index is 0.0140. The van der Waals surface area contributed by atoms with Gasteiger partial charge in [-0.1, -0.05) is 149 Å². The summed E-state index contributed by atoms with van der Waals surface area (Å²) in [5, 5.41) is 5.37. The van der Waals surface area contributed by atoms with Crippen molar-refractivity contribution in [1.82, 2.24) is 4.57 Å². The Morgan fingerprint density at radius 1 is 0.492 bits per heavy atom. The molecule has 0 unspecified atom stereocenters. The smallest absolute Gasteiger partial charge is 0.333 e. The molecule has 9 aromatic rings. The number of anilines is 2. The summed E-state index contributed by atoms with van der Waals surface area (Å²) in [6.45, 7) is 25.7. The molecule has 0 saturated heterocycles. The van der Waals surface area contributed by atoms with Crippen LogP contribution in [0.25, 0.3) is 69.9 Å². The number of hydrogen-bond acceptors (Lipinski definition) is 2. The van der Waals surface area contributed by atoms with Crippen molar-refractivity contribution >= 4 is 82.5 Å². The van der Waals surface area contributed by atoms with E-state index >= 15 is 0 Å². The first kappa shape index (κ1) is 37.2. The summed E-state index contributed by atoms with van der Waals surface area (Å²) in [5.41, 5.74) is 21.6. The van der Waals surface area contributed by atoms with Crippen LogP contribution in [-0.4, -0.2) is 11.4 Å². The fourth-order valence-corrected chi connectivity index (χ4v) is 12.4. The van der Waals surface area contributed by atoms with Crippen LogP contribution >= 0.6 is 11.3 Å². The Balaban J connectivity index is 1.22. The van der Waals surface area contributed by atoms with Crippen molar-refractivity contribution in [1.29, 1.82) is 0 Å². The maximum Gasteiger partial charge on any atom is 0.333 e. The molecule has 2 aromatic heterocycles. The highest BCUT2D eigenvalue weighted by Gasteiger charge is 2.45. The van der Waals surface area contributed by atoms with Crippen molar-refractivity contribution in [2.75, 3.05) is 4.81 Å². The lowest BCUT2D eigenvalue weighted by atomic mass is 9.43. The third-order valence-corrected chi connectivity index (χ3v) is 15.8. The molecule has 2 nitrogen and oxygen atoms in total. The first-order chi connectivity index (χ1) is 28.9. The molecular formula is C57H53BN2S. The fourth-order valence-electron chi connectivity index (χ4n) is 11.2. The van der Waals surface area contributed by atoms with Crippen LogP contribution in [-0.2, 0) is 21.7 Å². The number of fused-ring (bicyclic) bond motifs is 14. The van der Waals surface area contributed by atoms with Gasteiger partial charge in [0.05, 0.1) is 11.0 Å². The van der Waals surface area contributed by atoms with E-state index in [4.69, 9.17) is 0 Å². The molecule has 4 heteroatoms. The summed E-state index contributed by atoms with van der Waals surface area (Å²) in [4.78, 5) is 2.71. The van der Waals surface area contributed by atoms with Crippen LogP contribution < -0.4 is 15.7 Å². The maximum absolute atomic E-state index is 2.71. The van der Waals surface area contributed by atoms with Crippen LogP contribution in [0.3, 0.4) is 0 Å². The molecule has 2 aliphatic heterocycles. The van der Waals surface area contributed by atoms with Gasteiger partial charge in [-0.2, -0.15) is 0 Å². The Kier molecular flexibility index (Phi) is 7.24. The molecule has 0 spiro atoms. The van der Waals surface area contributed by atoms with Gasteiger partial charge in [0.15, 0.2) is 0 Å². The molecule has 0 radical (unpaired) electrons. The molecule has 0 atom stereocenters. The van der Waals surface area contributed by atoms with Crippen LogP contribution in [0.5, 0.6) is 0 Å². The quantitative estimate of drug-likeness (QED) is 0.150. The number of hydrogen-bond donors (Lipinski definition) is 0. The second-order valence-corrected chi connectivity index (χ2v) is 22.9. The zero-order valence-electron chi connectivity index (χ0n) is 37.4. The lowest BCUT2D eigenvalue weighted by molar-refractivity contribution is 0.590. The standard InChI is InChI=1S/C57H53BN2S/c1-54(2,3)32-16-20-35(21-17-32)60-49-31-51-43(37-22-18-34(56(7,8)9)27-50(37)61-51)28-41(49)38-23-24-39-42-29-45-40(36-14-12-13-15-44(36)57(45,10)11)30-48(42)59-47-25-19-33(55(4,5)6)26-46(47)58(60)52(38)53(39)59/h12-31H,1-11H3. The van der Waals surface area contributed by atoms with E-state index in [0.717, 1.165) is 0 Å². The average Bonchev–Trinajstić information content (AvgIpc) is 3.82. The van der Waals surface area contributed by atoms with Gasteiger partial charge in [-0.05, 0) is 120 Å². The van der Waals surface area contributed by atoms with Gasteiger partial charge >= 0.3 is 6.85 Å². The normalized spacial score (nSPS) is 15.2. The first-order valence-electron chi connectivity index (χ1n) is 22.2. The molecule has 4 heterocycles. The van der Waals surface area contributed by atoms with Gasteiger partial charge in [-0.3, -0.25) is 0 Å². The molecule has 0 bridgehead atoms. The van der Waals surface area contributed by atoms with Crippen molar-refractivity contribution < 1.29 is 0 Å². The number of nitrogens with zero attached hydrogens (tertiary/aromatic N) is 2. The largest absolute Gasteiger partial charge is 0.376 e. The van der Waals surface area contributed by atoms with Gasteiger partial charge in [0, 0.05) is 59.0 Å². The lowest BCUT2D eigenvalue weighted by Gasteiger charge is -2.42. The molecule has 0 fully saturated rings. The fraction of sp³-hybridized carbons (Fsp3) is 0.263. The molecule has 0 saturated carbocycles. The average molecular weight is 809 g/mol. The van der Waals surface area contributed by atoms with Crippen molar-refractivity contribution in [3.05, 3.63) is 149 Å². The summed E-state index contributed by atoms with van der Waals surface area (Å²) >= 11 is 1.94. The van der Waals surface area contributed by atoms with E-state index in [0.29, 0.717) is 0 Å². The molecule has 3 aliphatic rings. The molecule has 61 heavy (non-hydrogen) atoms. The summed E-state index contributed by atoms with van der Waals surface area (Å²) in [5.74, 6) is 0. The van der Waals surface area contributed by atoms with E-state index in [9.17, 15) is 0 Å². The van der Waals surface area contributed by atoms with Gasteiger partial charge in [-0.25, -0.2) is 0 Å². The highest BCUT2D eigenvalue weighted by atomic mass is 32.1. The minimum atomic E-state index is -0.0811. The third-order valence-electron chi connectivity index (χ3n) is 14.6. The van der Waals surface area contributed by atoms with E-state index in [1.165, 1.54) is 120 Å². The van der Waals surface area contributed by atoms with Gasteiger partial charge in [0.25, 0.3) is 0 Å². The van der Waals surface area contributed by atoms with Gasteiger partial charge in [0.2, 0.25) is 0 Å². The maximum atomic E-state index is 2.71. The van der Waals surface area contributed by atoms with E-state index in [1.807, 2.05) is 11.3 Å². The second-order valence-electron chi connectivity index (χ2n) is 21.9. The van der Waals surface area contributed by atoms with Crippen LogP contribution in [0.4, 0.5) is 11.4 Å². The molecule has 0 N–H and O–H groups in total. The zero-order valence-corrected chi connectivity index (χ0v) is 38.2. The van der Waals surface area contributed by atoms with Gasteiger partial charge in [-0.15, -0.1) is 11.3 Å². The summed E-state index contributed by atoms with van der Waals surface area (Å²) < 4.78 is 5.35. The van der Waals surface area contributed by atoms with Crippen LogP contribution in [0.1, 0.15) is 104 Å². The minimum Gasteiger partial charge on any atom is -0.376 e. The Hall–Kier alpha value is -5.58. The molecule has 0 amide bonds. The number of aromatic nitrogens is 1. The van der Waals surface area contributed by atoms with Gasteiger partial charge < -0.3 is 9.38 Å². The van der Waals surface area contributed by atoms with Crippen LogP contribution in [0, 0.1) is 0 Å². The van der Waals surface area contributed by atoms with E-state index in [1.54, 1.807) is 0 Å². The highest BCUT2D eigenvalue weighted by molar-refractivity contribution is 7.25. The highest BCUT2D eigenvalue weighted by Crippen LogP contribution is 2.53. The lowest BCUT2D eigenvalue weighted by Crippen LogP contribution is -2.60. The van der Waals surface area contributed by atoms with Crippen LogP contribution in [0.2, 0.25) is 0 Å². The van der Waals surface area contributed by atoms with Crippen molar-refractivity contribution in [3.63, 3.8) is 0 Å². The molecule has 1 aliphatic carbocycles. The molecular weight excluding hydrogens is 756 g/mol. The Bertz CT molecular complexity index is 3390. The SMILES string of the molecule is CC(C)(C)c1ccc(N2B3c4cc(C(C)(C)C)ccc4-n4c5cc6c(cc5c5ccc(c3c54)-c3cc4c(cc32)sc2cc(C(C)(C)C)ccc24)C(C)(C)c2ccccc2-6)cc1. The number of thiophene rings is 1. The Labute approximate surface area is 365 Å². The summed E-state index contributed by atoms with van der Waals surface area (Å²) in [6, 6.07) is 48.2. The molecule has 7 aromatic carbocycles. The first-order valence-corrected chi connectivity index (χ1v) is 23.0.